The molecule has 0 saturated carbocycles. The molecule has 0 aliphatic rings. The van der Waals surface area contributed by atoms with E-state index in [1.54, 1.807) is 0 Å². The minimum Gasteiger partial charge on any atom is -0.395 e. The first kappa shape index (κ1) is 14.1. The molecule has 96 valence electrons. The van der Waals surface area contributed by atoms with Gasteiger partial charge >= 0.3 is 0 Å². The highest BCUT2D eigenvalue weighted by Gasteiger charge is 2.22. The van der Waals surface area contributed by atoms with Crippen LogP contribution >= 0.6 is 0 Å². The van der Waals surface area contributed by atoms with Crippen molar-refractivity contribution in [2.45, 2.75) is 6.54 Å². The molecule has 0 heterocycles. The SMILES string of the molecule is CN(CCO)S(=O)(=O)N(C)Cc1ccccc1. The Hall–Kier alpha value is -0.950. The zero-order chi connectivity index (χ0) is 12.9. The van der Waals surface area contributed by atoms with Crippen LogP contribution in [0.25, 0.3) is 0 Å². The number of aliphatic hydroxyl groups is 1. The average Bonchev–Trinajstić information content (AvgIpc) is 2.30. The Morgan fingerprint density at radius 2 is 1.71 bits per heavy atom. The maximum Gasteiger partial charge on any atom is 0.281 e. The summed E-state index contributed by atoms with van der Waals surface area (Å²) in [6.45, 7) is 0.231. The fourth-order valence-corrected chi connectivity index (χ4v) is 2.52. The van der Waals surface area contributed by atoms with Crippen LogP contribution in [-0.2, 0) is 16.8 Å². The van der Waals surface area contributed by atoms with Crippen LogP contribution in [0, 0.1) is 0 Å². The van der Waals surface area contributed by atoms with Crippen molar-refractivity contribution in [2.24, 2.45) is 0 Å². The summed E-state index contributed by atoms with van der Waals surface area (Å²) in [5, 5.41) is 8.75. The molecule has 0 atom stereocenters. The first-order chi connectivity index (χ1) is 7.98. The van der Waals surface area contributed by atoms with Crippen LogP contribution in [0.1, 0.15) is 5.56 Å². The topological polar surface area (TPSA) is 60.9 Å². The van der Waals surface area contributed by atoms with E-state index in [-0.39, 0.29) is 13.2 Å². The monoisotopic (exact) mass is 258 g/mol. The Labute approximate surface area is 102 Å². The van der Waals surface area contributed by atoms with Crippen LogP contribution in [0.2, 0.25) is 0 Å². The Kier molecular flexibility index (Phi) is 5.07. The quantitative estimate of drug-likeness (QED) is 0.797. The third-order valence-corrected chi connectivity index (χ3v) is 4.34. The second-order valence-corrected chi connectivity index (χ2v) is 5.94. The maximum atomic E-state index is 12.0. The smallest absolute Gasteiger partial charge is 0.281 e. The fraction of sp³-hybridized carbons (Fsp3) is 0.455. The summed E-state index contributed by atoms with van der Waals surface area (Å²) in [5.41, 5.74) is 0.927. The first-order valence-corrected chi connectivity index (χ1v) is 6.70. The van der Waals surface area contributed by atoms with Gasteiger partial charge in [0.15, 0.2) is 0 Å². The Balaban J connectivity index is 2.73. The van der Waals surface area contributed by atoms with E-state index in [9.17, 15) is 8.42 Å². The molecular formula is C11H18N2O3S. The van der Waals surface area contributed by atoms with Crippen molar-refractivity contribution in [1.29, 1.82) is 0 Å². The minimum atomic E-state index is -3.49. The molecule has 0 aliphatic carbocycles. The van der Waals surface area contributed by atoms with Crippen molar-refractivity contribution in [3.8, 4) is 0 Å². The molecule has 1 rings (SSSR count). The molecule has 0 unspecified atom stereocenters. The lowest BCUT2D eigenvalue weighted by Gasteiger charge is -2.23. The summed E-state index contributed by atoms with van der Waals surface area (Å²) >= 11 is 0. The van der Waals surface area contributed by atoms with Crippen LogP contribution in [0.4, 0.5) is 0 Å². The van der Waals surface area contributed by atoms with E-state index >= 15 is 0 Å². The van der Waals surface area contributed by atoms with Crippen molar-refractivity contribution >= 4 is 10.2 Å². The maximum absolute atomic E-state index is 12.0. The highest BCUT2D eigenvalue weighted by molar-refractivity contribution is 7.86. The standard InChI is InChI=1S/C11H18N2O3S/c1-12(8-9-14)17(15,16)13(2)10-11-6-4-3-5-7-11/h3-7,14H,8-10H2,1-2H3. The molecule has 5 nitrogen and oxygen atoms in total. The molecule has 0 fully saturated rings. The first-order valence-electron chi connectivity index (χ1n) is 5.31. The van der Waals surface area contributed by atoms with Gasteiger partial charge in [0.1, 0.15) is 0 Å². The fourth-order valence-electron chi connectivity index (χ4n) is 1.42. The molecule has 1 N–H and O–H groups in total. The summed E-state index contributed by atoms with van der Waals surface area (Å²) in [6.07, 6.45) is 0. The van der Waals surface area contributed by atoms with Gasteiger partial charge in [-0.05, 0) is 5.56 Å². The van der Waals surface area contributed by atoms with E-state index in [0.29, 0.717) is 6.54 Å². The van der Waals surface area contributed by atoms with Gasteiger partial charge in [0, 0.05) is 27.2 Å². The zero-order valence-electron chi connectivity index (χ0n) is 10.1. The molecule has 6 heteroatoms. The van der Waals surface area contributed by atoms with Gasteiger partial charge in [0.05, 0.1) is 6.61 Å². The normalized spacial score (nSPS) is 12.3. The molecule has 0 saturated heterocycles. The van der Waals surface area contributed by atoms with Gasteiger partial charge in [-0.3, -0.25) is 0 Å². The highest BCUT2D eigenvalue weighted by atomic mass is 32.2. The lowest BCUT2D eigenvalue weighted by atomic mass is 10.2. The van der Waals surface area contributed by atoms with Crippen LogP contribution in [0.5, 0.6) is 0 Å². The Bertz CT molecular complexity index is 433. The number of benzene rings is 1. The van der Waals surface area contributed by atoms with Crippen LogP contribution in [0.15, 0.2) is 30.3 Å². The van der Waals surface area contributed by atoms with E-state index < -0.39 is 10.2 Å². The van der Waals surface area contributed by atoms with Gasteiger partial charge in [-0.15, -0.1) is 0 Å². The predicted molar refractivity (Wildman–Crippen MR) is 66.5 cm³/mol. The largest absolute Gasteiger partial charge is 0.395 e. The number of rotatable bonds is 6. The van der Waals surface area contributed by atoms with Gasteiger partial charge in [-0.1, -0.05) is 30.3 Å². The van der Waals surface area contributed by atoms with E-state index in [1.807, 2.05) is 30.3 Å². The number of hydrogen-bond acceptors (Lipinski definition) is 3. The summed E-state index contributed by atoms with van der Waals surface area (Å²) in [7, 11) is -0.517. The number of aliphatic hydroxyl groups excluding tert-OH is 1. The lowest BCUT2D eigenvalue weighted by molar-refractivity contribution is 0.260. The number of likely N-dealkylation sites (N-methyl/N-ethyl adjacent to an activating group) is 1. The van der Waals surface area contributed by atoms with Gasteiger partial charge in [-0.2, -0.15) is 17.0 Å². The van der Waals surface area contributed by atoms with Crippen LogP contribution in [0.3, 0.4) is 0 Å². The van der Waals surface area contributed by atoms with Gasteiger partial charge in [0.25, 0.3) is 10.2 Å². The lowest BCUT2D eigenvalue weighted by Crippen LogP contribution is -2.40. The van der Waals surface area contributed by atoms with Gasteiger partial charge in [0.2, 0.25) is 0 Å². The van der Waals surface area contributed by atoms with E-state index in [2.05, 4.69) is 0 Å². The van der Waals surface area contributed by atoms with Gasteiger partial charge in [-0.25, -0.2) is 0 Å². The number of nitrogens with zero attached hydrogens (tertiary/aromatic N) is 2. The van der Waals surface area contributed by atoms with Crippen molar-refractivity contribution in [3.63, 3.8) is 0 Å². The predicted octanol–water partition coefficient (Wildman–Crippen LogP) is 0.287. The Morgan fingerprint density at radius 1 is 1.12 bits per heavy atom. The number of hydrogen-bond donors (Lipinski definition) is 1. The summed E-state index contributed by atoms with van der Waals surface area (Å²) < 4.78 is 26.3. The molecule has 0 bridgehead atoms. The molecule has 0 spiro atoms. The summed E-state index contributed by atoms with van der Waals surface area (Å²) in [5.74, 6) is 0. The minimum absolute atomic E-state index is 0.0987. The van der Waals surface area contributed by atoms with Gasteiger partial charge < -0.3 is 5.11 Å². The average molecular weight is 258 g/mol. The molecule has 0 aromatic heterocycles. The van der Waals surface area contributed by atoms with Crippen molar-refractivity contribution in [3.05, 3.63) is 35.9 Å². The van der Waals surface area contributed by atoms with Crippen molar-refractivity contribution in [1.82, 2.24) is 8.61 Å². The van der Waals surface area contributed by atoms with Crippen molar-refractivity contribution < 1.29 is 13.5 Å². The van der Waals surface area contributed by atoms with Crippen LogP contribution in [-0.4, -0.2) is 49.4 Å². The molecular weight excluding hydrogens is 240 g/mol. The summed E-state index contributed by atoms with van der Waals surface area (Å²) in [6, 6.07) is 9.37. The van der Waals surface area contributed by atoms with Crippen molar-refractivity contribution in [2.75, 3.05) is 27.2 Å². The molecule has 0 aliphatic heterocycles. The second kappa shape index (κ2) is 6.11. The van der Waals surface area contributed by atoms with E-state index in [1.165, 1.54) is 18.4 Å². The second-order valence-electron chi connectivity index (χ2n) is 3.79. The van der Waals surface area contributed by atoms with E-state index in [0.717, 1.165) is 9.87 Å². The molecule has 0 amide bonds. The highest BCUT2D eigenvalue weighted by Crippen LogP contribution is 2.09. The Morgan fingerprint density at radius 3 is 2.24 bits per heavy atom. The van der Waals surface area contributed by atoms with E-state index in [4.69, 9.17) is 5.11 Å². The molecule has 0 radical (unpaired) electrons. The third kappa shape index (κ3) is 3.78. The molecule has 1 aromatic rings. The summed E-state index contributed by atoms with van der Waals surface area (Å²) in [4.78, 5) is 0. The third-order valence-electron chi connectivity index (χ3n) is 2.45. The molecule has 17 heavy (non-hydrogen) atoms. The van der Waals surface area contributed by atoms with Crippen LogP contribution < -0.4 is 0 Å². The molecule has 1 aromatic carbocycles. The zero-order valence-corrected chi connectivity index (χ0v) is 10.9.